The highest BCUT2D eigenvalue weighted by atomic mass is 16.6. The summed E-state index contributed by atoms with van der Waals surface area (Å²) < 4.78 is 10.2. The van der Waals surface area contributed by atoms with Crippen LogP contribution < -0.4 is 0 Å². The summed E-state index contributed by atoms with van der Waals surface area (Å²) in [5, 5.41) is 0. The topological polar surface area (TPSA) is 21.8 Å². The van der Waals surface area contributed by atoms with Crippen molar-refractivity contribution in [3.63, 3.8) is 0 Å². The first kappa shape index (κ1) is 8.58. The van der Waals surface area contributed by atoms with Crippen molar-refractivity contribution in [3.05, 3.63) is 0 Å². The van der Waals surface area contributed by atoms with Crippen LogP contribution in [0.4, 0.5) is 0 Å². The summed E-state index contributed by atoms with van der Waals surface area (Å²) in [6.45, 7) is 4.25. The Bertz CT molecular complexity index is 151. The van der Waals surface area contributed by atoms with Gasteiger partial charge in [-0.15, -0.1) is 5.92 Å². The van der Waals surface area contributed by atoms with Crippen molar-refractivity contribution in [3.8, 4) is 11.8 Å². The highest BCUT2D eigenvalue weighted by Crippen LogP contribution is 2.07. The van der Waals surface area contributed by atoms with E-state index in [2.05, 4.69) is 18.8 Å². The Kier molecular flexibility index (Phi) is 4.03. The van der Waals surface area contributed by atoms with E-state index in [1.165, 1.54) is 0 Å². The molecule has 1 heterocycles. The van der Waals surface area contributed by atoms with Crippen molar-refractivity contribution in [1.29, 1.82) is 0 Å². The van der Waals surface area contributed by atoms with E-state index in [1.807, 2.05) is 0 Å². The number of unbranched alkanes of at least 4 members (excludes halogenated alkanes) is 1. The summed E-state index contributed by atoms with van der Waals surface area (Å²) >= 11 is 0. The van der Waals surface area contributed by atoms with Gasteiger partial charge in [0.05, 0.1) is 13.2 Å². The number of epoxide rings is 1. The third-order valence-electron chi connectivity index (χ3n) is 1.38. The first-order valence-corrected chi connectivity index (χ1v) is 4.08. The van der Waals surface area contributed by atoms with Crippen LogP contribution in [0.3, 0.4) is 0 Å². The zero-order valence-corrected chi connectivity index (χ0v) is 6.93. The van der Waals surface area contributed by atoms with Crippen LogP contribution in [0.2, 0.25) is 0 Å². The lowest BCUT2D eigenvalue weighted by Gasteiger charge is -1.92. The molecule has 0 aromatic carbocycles. The van der Waals surface area contributed by atoms with Crippen molar-refractivity contribution in [2.75, 3.05) is 19.8 Å². The van der Waals surface area contributed by atoms with Gasteiger partial charge in [0.25, 0.3) is 0 Å². The number of hydrogen-bond acceptors (Lipinski definition) is 2. The van der Waals surface area contributed by atoms with E-state index in [9.17, 15) is 0 Å². The van der Waals surface area contributed by atoms with Crippen LogP contribution in [-0.2, 0) is 9.47 Å². The smallest absolute Gasteiger partial charge is 0.107 e. The van der Waals surface area contributed by atoms with E-state index in [1.54, 1.807) is 0 Å². The maximum absolute atomic E-state index is 5.21. The van der Waals surface area contributed by atoms with E-state index in [0.29, 0.717) is 19.3 Å². The maximum atomic E-state index is 5.21. The Labute approximate surface area is 67.9 Å². The first-order chi connectivity index (χ1) is 5.43. The van der Waals surface area contributed by atoms with Crippen molar-refractivity contribution < 1.29 is 9.47 Å². The average molecular weight is 154 g/mol. The summed E-state index contributed by atoms with van der Waals surface area (Å²) in [4.78, 5) is 0. The lowest BCUT2D eigenvalue weighted by Crippen LogP contribution is -2.00. The van der Waals surface area contributed by atoms with Crippen LogP contribution in [-0.4, -0.2) is 25.9 Å². The molecule has 0 bridgehead atoms. The molecule has 1 fully saturated rings. The molecule has 0 aliphatic carbocycles. The van der Waals surface area contributed by atoms with Crippen molar-refractivity contribution in [2.45, 2.75) is 25.9 Å². The molecular formula is C9H14O2. The third-order valence-corrected chi connectivity index (χ3v) is 1.38. The minimum Gasteiger partial charge on any atom is -0.371 e. The second-order valence-corrected chi connectivity index (χ2v) is 2.57. The predicted molar refractivity (Wildman–Crippen MR) is 43.2 cm³/mol. The first-order valence-electron chi connectivity index (χ1n) is 4.08. The van der Waals surface area contributed by atoms with E-state index >= 15 is 0 Å². The summed E-state index contributed by atoms with van der Waals surface area (Å²) in [5.74, 6) is 5.96. The van der Waals surface area contributed by atoms with Gasteiger partial charge in [-0.2, -0.15) is 0 Å². The fraction of sp³-hybridized carbons (Fsp3) is 0.778. The van der Waals surface area contributed by atoms with Crippen molar-refractivity contribution >= 4 is 0 Å². The van der Waals surface area contributed by atoms with Gasteiger partial charge < -0.3 is 9.47 Å². The molecule has 1 rings (SSSR count). The van der Waals surface area contributed by atoms with Gasteiger partial charge in [-0.3, -0.25) is 0 Å². The Balaban J connectivity index is 1.83. The molecule has 1 unspecified atom stereocenters. The van der Waals surface area contributed by atoms with Crippen LogP contribution >= 0.6 is 0 Å². The standard InChI is InChI=1S/C9H14O2/c1-2-3-4-5-6-10-7-9-8-11-9/h9H,2-3,6-8H2,1H3. The molecule has 11 heavy (non-hydrogen) atoms. The Morgan fingerprint density at radius 2 is 2.36 bits per heavy atom. The molecule has 0 spiro atoms. The molecule has 1 atom stereocenters. The Morgan fingerprint density at radius 3 is 3.00 bits per heavy atom. The minimum atomic E-state index is 0.364. The number of ether oxygens (including phenoxy) is 2. The highest BCUT2D eigenvalue weighted by molar-refractivity contribution is 4.98. The molecule has 0 aromatic heterocycles. The zero-order valence-electron chi connectivity index (χ0n) is 6.93. The molecule has 0 radical (unpaired) electrons. The Morgan fingerprint density at radius 1 is 1.55 bits per heavy atom. The predicted octanol–water partition coefficient (Wildman–Crippen LogP) is 1.21. The van der Waals surface area contributed by atoms with Crippen molar-refractivity contribution in [2.24, 2.45) is 0 Å². The summed E-state index contributed by atoms with van der Waals surface area (Å²) in [7, 11) is 0. The lowest BCUT2D eigenvalue weighted by atomic mass is 10.3. The molecule has 0 aromatic rings. The van der Waals surface area contributed by atoms with Crippen LogP contribution in [0.1, 0.15) is 19.8 Å². The average Bonchev–Trinajstić information content (AvgIpc) is 2.80. The van der Waals surface area contributed by atoms with Gasteiger partial charge in [-0.05, 0) is 6.42 Å². The zero-order chi connectivity index (χ0) is 7.94. The normalized spacial score (nSPS) is 20.6. The quantitative estimate of drug-likeness (QED) is 0.345. The SMILES string of the molecule is CCCC#CCOCC1CO1. The molecular weight excluding hydrogens is 140 g/mol. The van der Waals surface area contributed by atoms with Gasteiger partial charge >= 0.3 is 0 Å². The highest BCUT2D eigenvalue weighted by Gasteiger charge is 2.21. The summed E-state index contributed by atoms with van der Waals surface area (Å²) in [5.41, 5.74) is 0. The number of rotatable bonds is 4. The van der Waals surface area contributed by atoms with Crippen LogP contribution in [0.15, 0.2) is 0 Å². The second kappa shape index (κ2) is 5.17. The van der Waals surface area contributed by atoms with Crippen LogP contribution in [0.25, 0.3) is 0 Å². The molecule has 2 heteroatoms. The van der Waals surface area contributed by atoms with E-state index in [4.69, 9.17) is 9.47 Å². The molecule has 0 saturated carbocycles. The maximum Gasteiger partial charge on any atom is 0.107 e. The fourth-order valence-corrected chi connectivity index (χ4v) is 0.670. The molecule has 1 aliphatic rings. The molecule has 2 nitrogen and oxygen atoms in total. The van der Waals surface area contributed by atoms with Gasteiger partial charge in [-0.1, -0.05) is 12.8 Å². The molecule has 62 valence electrons. The lowest BCUT2D eigenvalue weighted by molar-refractivity contribution is 0.145. The van der Waals surface area contributed by atoms with Gasteiger partial charge in [0.15, 0.2) is 0 Å². The van der Waals surface area contributed by atoms with Crippen molar-refractivity contribution in [1.82, 2.24) is 0 Å². The number of hydrogen-bond donors (Lipinski definition) is 0. The molecule has 0 N–H and O–H groups in total. The molecule has 1 aliphatic heterocycles. The van der Waals surface area contributed by atoms with Gasteiger partial charge in [0.2, 0.25) is 0 Å². The van der Waals surface area contributed by atoms with E-state index in [0.717, 1.165) is 19.4 Å². The fourth-order valence-electron chi connectivity index (χ4n) is 0.670. The Hall–Kier alpha value is -0.520. The third kappa shape index (κ3) is 4.83. The van der Waals surface area contributed by atoms with Gasteiger partial charge in [-0.25, -0.2) is 0 Å². The summed E-state index contributed by atoms with van der Waals surface area (Å²) in [6, 6.07) is 0. The van der Waals surface area contributed by atoms with Crippen LogP contribution in [0.5, 0.6) is 0 Å². The van der Waals surface area contributed by atoms with Gasteiger partial charge in [0.1, 0.15) is 12.7 Å². The molecule has 0 amide bonds. The summed E-state index contributed by atoms with van der Waals surface area (Å²) in [6.07, 6.45) is 2.46. The minimum absolute atomic E-state index is 0.364. The van der Waals surface area contributed by atoms with E-state index < -0.39 is 0 Å². The largest absolute Gasteiger partial charge is 0.371 e. The van der Waals surface area contributed by atoms with E-state index in [-0.39, 0.29) is 0 Å². The molecule has 1 saturated heterocycles. The van der Waals surface area contributed by atoms with Crippen LogP contribution in [0, 0.1) is 11.8 Å². The second-order valence-electron chi connectivity index (χ2n) is 2.57. The monoisotopic (exact) mass is 154 g/mol. The van der Waals surface area contributed by atoms with Gasteiger partial charge in [0, 0.05) is 6.42 Å².